The van der Waals surface area contributed by atoms with Gasteiger partial charge in [-0.3, -0.25) is 4.98 Å². The molecule has 2 N–H and O–H groups in total. The number of hydrogen-bond acceptors (Lipinski definition) is 4. The summed E-state index contributed by atoms with van der Waals surface area (Å²) >= 11 is 5.99. The van der Waals surface area contributed by atoms with E-state index in [2.05, 4.69) is 20.6 Å². The Morgan fingerprint density at radius 3 is 2.50 bits per heavy atom. The van der Waals surface area contributed by atoms with Crippen LogP contribution in [0, 0.1) is 5.82 Å². The first-order chi connectivity index (χ1) is 16.5. The predicted molar refractivity (Wildman–Crippen MR) is 133 cm³/mol. The highest BCUT2D eigenvalue weighted by atomic mass is 35.5. The minimum absolute atomic E-state index is 0.0478. The third-order valence-corrected chi connectivity index (χ3v) is 4.93. The van der Waals surface area contributed by atoms with Crippen LogP contribution in [0.5, 0.6) is 5.75 Å². The number of methoxy groups -OCH3 is 1. The fraction of sp³-hybridized carbons (Fsp3) is 0.160. The summed E-state index contributed by atoms with van der Waals surface area (Å²) in [5.74, 6) is 0.640. The molecule has 176 valence electrons. The number of hydrogen-bond donors (Lipinski definition) is 2. The summed E-state index contributed by atoms with van der Waals surface area (Å²) in [7, 11) is 1.48. The van der Waals surface area contributed by atoms with Gasteiger partial charge in [-0.25, -0.2) is 14.2 Å². The van der Waals surface area contributed by atoms with E-state index in [0.717, 1.165) is 17.0 Å². The largest absolute Gasteiger partial charge is 0.495 e. The zero-order valence-corrected chi connectivity index (χ0v) is 19.8. The molecule has 0 spiro atoms. The van der Waals surface area contributed by atoms with Gasteiger partial charge in [0.15, 0.2) is 0 Å². The molecule has 9 heteroatoms. The number of ether oxygens (including phenoxy) is 1. The zero-order valence-electron chi connectivity index (χ0n) is 19.0. The standard InChI is InChI=1S/C23H19ClFN5O2.C2H6/c1-32-21-5-3-17(24)13-20(21)29-23(31)28-19-12-15(2-4-18(19)25)14-30-11-10-27-22(30)16-6-8-26-9-7-16;1-2/h2-13H,14H2,1H3,(H2,28,29,31);1-2H3. The van der Waals surface area contributed by atoms with E-state index in [1.54, 1.807) is 48.9 Å². The topological polar surface area (TPSA) is 81.1 Å². The van der Waals surface area contributed by atoms with Gasteiger partial charge in [-0.2, -0.15) is 0 Å². The van der Waals surface area contributed by atoms with Crippen molar-refractivity contribution < 1.29 is 13.9 Å². The van der Waals surface area contributed by atoms with E-state index >= 15 is 0 Å². The molecule has 0 aliphatic carbocycles. The predicted octanol–water partition coefficient (Wildman–Crippen LogP) is 6.46. The summed E-state index contributed by atoms with van der Waals surface area (Å²) in [5.41, 5.74) is 2.12. The number of carbonyl (C=O) groups is 1. The lowest BCUT2D eigenvalue weighted by atomic mass is 10.1. The number of rotatable bonds is 6. The Bertz CT molecular complexity index is 1250. The van der Waals surface area contributed by atoms with Crippen LogP contribution in [-0.4, -0.2) is 27.7 Å². The molecular weight excluding hydrogens is 457 g/mol. The van der Waals surface area contributed by atoms with Crippen molar-refractivity contribution in [2.24, 2.45) is 0 Å². The van der Waals surface area contributed by atoms with Crippen LogP contribution in [0.3, 0.4) is 0 Å². The maximum Gasteiger partial charge on any atom is 0.323 e. The molecule has 7 nitrogen and oxygen atoms in total. The van der Waals surface area contributed by atoms with Gasteiger partial charge in [0.05, 0.1) is 18.5 Å². The maximum absolute atomic E-state index is 14.4. The number of imidazole rings is 1. The van der Waals surface area contributed by atoms with Gasteiger partial charge in [0, 0.05) is 41.9 Å². The number of aromatic nitrogens is 3. The van der Waals surface area contributed by atoms with Crippen LogP contribution in [0.1, 0.15) is 19.4 Å². The normalized spacial score (nSPS) is 10.1. The van der Waals surface area contributed by atoms with E-state index in [9.17, 15) is 9.18 Å². The molecule has 2 aromatic carbocycles. The molecule has 0 atom stereocenters. The molecule has 0 radical (unpaired) electrons. The molecule has 4 rings (SSSR count). The van der Waals surface area contributed by atoms with E-state index in [1.165, 1.54) is 13.2 Å². The molecule has 2 aromatic heterocycles. The highest BCUT2D eigenvalue weighted by molar-refractivity contribution is 6.31. The van der Waals surface area contributed by atoms with Crippen molar-refractivity contribution in [2.45, 2.75) is 20.4 Å². The van der Waals surface area contributed by atoms with Crippen LogP contribution in [0.2, 0.25) is 5.02 Å². The molecule has 0 saturated carbocycles. The number of amides is 2. The summed E-state index contributed by atoms with van der Waals surface area (Å²) in [4.78, 5) is 20.9. The lowest BCUT2D eigenvalue weighted by molar-refractivity contribution is 0.262. The lowest BCUT2D eigenvalue weighted by Crippen LogP contribution is -2.20. The quantitative estimate of drug-likeness (QED) is 0.331. The van der Waals surface area contributed by atoms with Crippen LogP contribution < -0.4 is 15.4 Å². The van der Waals surface area contributed by atoms with Crippen molar-refractivity contribution in [1.29, 1.82) is 0 Å². The Hall–Kier alpha value is -3.91. The van der Waals surface area contributed by atoms with Gasteiger partial charge in [0.1, 0.15) is 17.4 Å². The van der Waals surface area contributed by atoms with Gasteiger partial charge in [0.2, 0.25) is 0 Å². The Kier molecular flexibility index (Phi) is 8.59. The Balaban J connectivity index is 0.00000158. The van der Waals surface area contributed by atoms with E-state index in [1.807, 2.05) is 36.7 Å². The second-order valence-corrected chi connectivity index (χ2v) is 7.29. The third kappa shape index (κ3) is 6.11. The van der Waals surface area contributed by atoms with E-state index in [4.69, 9.17) is 16.3 Å². The van der Waals surface area contributed by atoms with Gasteiger partial charge in [-0.1, -0.05) is 31.5 Å². The summed E-state index contributed by atoms with van der Waals surface area (Å²) in [5, 5.41) is 5.60. The number of urea groups is 1. The molecule has 2 amide bonds. The minimum Gasteiger partial charge on any atom is -0.495 e. The van der Waals surface area contributed by atoms with Gasteiger partial charge in [0.25, 0.3) is 0 Å². The molecule has 0 aliphatic heterocycles. The van der Waals surface area contributed by atoms with Crippen molar-refractivity contribution in [2.75, 3.05) is 17.7 Å². The van der Waals surface area contributed by atoms with Crippen LogP contribution >= 0.6 is 11.6 Å². The van der Waals surface area contributed by atoms with Crippen LogP contribution in [0.4, 0.5) is 20.6 Å². The molecule has 0 unspecified atom stereocenters. The van der Waals surface area contributed by atoms with Crippen molar-refractivity contribution in [3.8, 4) is 17.1 Å². The van der Waals surface area contributed by atoms with Gasteiger partial charge in [-0.05, 0) is 48.0 Å². The molecule has 0 aliphatic rings. The molecule has 0 saturated heterocycles. The second-order valence-electron chi connectivity index (χ2n) is 6.85. The molecular formula is C25H25ClFN5O2. The average Bonchev–Trinajstić information content (AvgIpc) is 3.31. The van der Waals surface area contributed by atoms with E-state index in [-0.39, 0.29) is 5.69 Å². The SMILES string of the molecule is CC.COc1ccc(Cl)cc1NC(=O)Nc1cc(Cn2ccnc2-c2ccncc2)ccc1F. The fourth-order valence-electron chi connectivity index (χ4n) is 3.22. The molecule has 0 fully saturated rings. The number of halogens is 2. The smallest absolute Gasteiger partial charge is 0.323 e. The van der Waals surface area contributed by atoms with E-state index < -0.39 is 11.8 Å². The Morgan fingerprint density at radius 1 is 1.03 bits per heavy atom. The summed E-state index contributed by atoms with van der Waals surface area (Å²) in [6.07, 6.45) is 6.93. The Morgan fingerprint density at radius 2 is 1.76 bits per heavy atom. The Labute approximate surface area is 202 Å². The highest BCUT2D eigenvalue weighted by Crippen LogP contribution is 2.28. The molecule has 4 aromatic rings. The van der Waals surface area contributed by atoms with Crippen LogP contribution in [-0.2, 0) is 6.54 Å². The fourth-order valence-corrected chi connectivity index (χ4v) is 3.39. The van der Waals surface area contributed by atoms with Crippen molar-refractivity contribution in [3.63, 3.8) is 0 Å². The first-order valence-corrected chi connectivity index (χ1v) is 11.0. The number of pyridine rings is 1. The average molecular weight is 482 g/mol. The number of nitrogens with one attached hydrogen (secondary N) is 2. The third-order valence-electron chi connectivity index (χ3n) is 4.70. The zero-order chi connectivity index (χ0) is 24.5. The second kappa shape index (κ2) is 11.8. The number of anilines is 2. The van der Waals surface area contributed by atoms with Gasteiger partial charge < -0.3 is 19.9 Å². The first-order valence-electron chi connectivity index (χ1n) is 10.6. The van der Waals surface area contributed by atoms with Crippen LogP contribution in [0.15, 0.2) is 73.3 Å². The molecule has 0 bridgehead atoms. The number of nitrogens with zero attached hydrogens (tertiary/aromatic N) is 3. The summed E-state index contributed by atoms with van der Waals surface area (Å²) in [6, 6.07) is 12.5. The highest BCUT2D eigenvalue weighted by Gasteiger charge is 2.13. The summed E-state index contributed by atoms with van der Waals surface area (Å²) in [6.45, 7) is 4.44. The number of benzene rings is 2. The molecule has 34 heavy (non-hydrogen) atoms. The van der Waals surface area contributed by atoms with Gasteiger partial charge in [-0.15, -0.1) is 0 Å². The van der Waals surface area contributed by atoms with Crippen molar-refractivity contribution in [1.82, 2.24) is 14.5 Å². The lowest BCUT2D eigenvalue weighted by Gasteiger charge is -2.13. The van der Waals surface area contributed by atoms with Crippen molar-refractivity contribution in [3.05, 3.63) is 89.7 Å². The van der Waals surface area contributed by atoms with Crippen LogP contribution in [0.25, 0.3) is 11.4 Å². The maximum atomic E-state index is 14.4. The molecule has 2 heterocycles. The van der Waals surface area contributed by atoms with E-state index in [0.29, 0.717) is 23.0 Å². The summed E-state index contributed by atoms with van der Waals surface area (Å²) < 4.78 is 21.5. The number of carbonyl (C=O) groups excluding carboxylic acids is 1. The van der Waals surface area contributed by atoms with Gasteiger partial charge >= 0.3 is 6.03 Å². The monoisotopic (exact) mass is 481 g/mol. The minimum atomic E-state index is -0.623. The van der Waals surface area contributed by atoms with Crippen molar-refractivity contribution >= 4 is 29.0 Å². The first kappa shape index (κ1) is 24.7.